The number of nitrogens with zero attached hydrogens (tertiary/aromatic N) is 4. The molecule has 0 spiro atoms. The van der Waals surface area contributed by atoms with E-state index in [0.29, 0.717) is 28.1 Å². The largest absolute Gasteiger partial charge is 0.496 e. The van der Waals surface area contributed by atoms with Gasteiger partial charge in [-0.2, -0.15) is 4.52 Å². The van der Waals surface area contributed by atoms with E-state index in [0.717, 1.165) is 5.56 Å². The summed E-state index contributed by atoms with van der Waals surface area (Å²) in [7, 11) is 1.59. The van der Waals surface area contributed by atoms with Crippen LogP contribution in [0.25, 0.3) is 17.0 Å². The Morgan fingerprint density at radius 2 is 1.76 bits per heavy atom. The van der Waals surface area contributed by atoms with E-state index in [4.69, 9.17) is 49.0 Å². The van der Waals surface area contributed by atoms with Gasteiger partial charge in [-0.1, -0.05) is 46.9 Å². The minimum Gasteiger partial charge on any atom is -0.496 e. The third-order valence-corrected chi connectivity index (χ3v) is 5.61. The topological polar surface area (TPSA) is 99.9 Å². The predicted molar refractivity (Wildman–Crippen MR) is 128 cm³/mol. The van der Waals surface area contributed by atoms with Gasteiger partial charge in [0.25, 0.3) is 5.91 Å². The number of para-hydroxylation sites is 1. The third-order valence-electron chi connectivity index (χ3n) is 4.59. The van der Waals surface area contributed by atoms with Crippen LogP contribution in [0.1, 0.15) is 0 Å². The normalized spacial score (nSPS) is 10.8. The SMILES string of the molecule is COc1ccccc1-c1nnc2ccc(OCCNC(=O)COc3cc(Cl)c(Cl)cc3Cl)nn12. The van der Waals surface area contributed by atoms with Gasteiger partial charge in [0, 0.05) is 12.1 Å². The number of benzene rings is 2. The van der Waals surface area contributed by atoms with Crippen molar-refractivity contribution in [2.45, 2.75) is 0 Å². The van der Waals surface area contributed by atoms with Gasteiger partial charge >= 0.3 is 0 Å². The zero-order chi connectivity index (χ0) is 24.1. The maximum atomic E-state index is 12.1. The van der Waals surface area contributed by atoms with Crippen molar-refractivity contribution in [3.8, 4) is 28.8 Å². The van der Waals surface area contributed by atoms with Crippen LogP contribution in [0.15, 0.2) is 48.5 Å². The van der Waals surface area contributed by atoms with Gasteiger partial charge in [0.2, 0.25) is 5.88 Å². The summed E-state index contributed by atoms with van der Waals surface area (Å²) in [5.41, 5.74) is 1.30. The van der Waals surface area contributed by atoms with E-state index in [-0.39, 0.29) is 41.5 Å². The fourth-order valence-corrected chi connectivity index (χ4v) is 3.59. The zero-order valence-corrected chi connectivity index (χ0v) is 20.1. The van der Waals surface area contributed by atoms with Crippen LogP contribution in [0.3, 0.4) is 0 Å². The molecule has 0 saturated heterocycles. The van der Waals surface area contributed by atoms with E-state index in [1.165, 1.54) is 12.1 Å². The molecule has 1 N–H and O–H groups in total. The summed E-state index contributed by atoms with van der Waals surface area (Å²) in [6.45, 7) is 0.174. The molecule has 0 bridgehead atoms. The summed E-state index contributed by atoms with van der Waals surface area (Å²) in [6.07, 6.45) is 0. The first-order chi connectivity index (χ1) is 16.5. The van der Waals surface area contributed by atoms with Crippen LogP contribution in [-0.2, 0) is 4.79 Å². The number of hydrogen-bond acceptors (Lipinski definition) is 7. The molecule has 12 heteroatoms. The summed E-state index contributed by atoms with van der Waals surface area (Å²) < 4.78 is 18.0. The molecule has 2 heterocycles. The van der Waals surface area contributed by atoms with Crippen LogP contribution in [0, 0.1) is 0 Å². The second-order valence-electron chi connectivity index (χ2n) is 6.85. The van der Waals surface area contributed by atoms with E-state index in [1.807, 2.05) is 24.3 Å². The van der Waals surface area contributed by atoms with Crippen LogP contribution in [-0.4, -0.2) is 52.6 Å². The second-order valence-corrected chi connectivity index (χ2v) is 8.07. The molecule has 0 aliphatic carbocycles. The van der Waals surface area contributed by atoms with Crippen LogP contribution in [0.4, 0.5) is 0 Å². The highest BCUT2D eigenvalue weighted by atomic mass is 35.5. The number of fused-ring (bicyclic) bond motifs is 1. The summed E-state index contributed by atoms with van der Waals surface area (Å²) in [5, 5.41) is 16.3. The Morgan fingerprint density at radius 3 is 2.59 bits per heavy atom. The molecule has 0 aliphatic rings. The lowest BCUT2D eigenvalue weighted by Crippen LogP contribution is -2.32. The molecule has 0 unspecified atom stereocenters. The lowest BCUT2D eigenvalue weighted by molar-refractivity contribution is -0.123. The average Bonchev–Trinajstić information content (AvgIpc) is 3.26. The first kappa shape index (κ1) is 23.9. The summed E-state index contributed by atoms with van der Waals surface area (Å²) in [6, 6.07) is 13.8. The van der Waals surface area contributed by atoms with Crippen molar-refractivity contribution in [2.24, 2.45) is 0 Å². The first-order valence-corrected chi connectivity index (χ1v) is 11.1. The highest BCUT2D eigenvalue weighted by molar-refractivity contribution is 6.43. The molecule has 0 radical (unpaired) electrons. The Hall–Kier alpha value is -3.27. The number of ether oxygens (including phenoxy) is 3. The molecule has 0 atom stereocenters. The second kappa shape index (κ2) is 10.8. The number of carbonyl (C=O) groups is 1. The number of rotatable bonds is 9. The molecule has 1 amide bonds. The van der Waals surface area contributed by atoms with Crippen molar-refractivity contribution in [1.29, 1.82) is 0 Å². The molecular weight excluding hydrogens is 505 g/mol. The molecule has 0 saturated carbocycles. The highest BCUT2D eigenvalue weighted by Gasteiger charge is 2.14. The van der Waals surface area contributed by atoms with Gasteiger partial charge in [-0.3, -0.25) is 4.79 Å². The van der Waals surface area contributed by atoms with Gasteiger partial charge in [-0.05, 0) is 24.3 Å². The predicted octanol–water partition coefficient (Wildman–Crippen LogP) is 4.33. The molecule has 0 fully saturated rings. The Kier molecular flexibility index (Phi) is 7.56. The van der Waals surface area contributed by atoms with E-state index in [9.17, 15) is 4.79 Å². The van der Waals surface area contributed by atoms with Crippen LogP contribution in [0.2, 0.25) is 15.1 Å². The number of carbonyl (C=O) groups excluding carboxylic acids is 1. The smallest absolute Gasteiger partial charge is 0.258 e. The number of methoxy groups -OCH3 is 1. The van der Waals surface area contributed by atoms with E-state index < -0.39 is 0 Å². The number of nitrogens with one attached hydrogen (secondary N) is 1. The Labute approximate surface area is 209 Å². The molecule has 9 nitrogen and oxygen atoms in total. The molecule has 2 aromatic heterocycles. The molecule has 4 aromatic rings. The van der Waals surface area contributed by atoms with Crippen LogP contribution >= 0.6 is 34.8 Å². The first-order valence-electron chi connectivity index (χ1n) is 9.99. The molecule has 0 aliphatic heterocycles. The Morgan fingerprint density at radius 1 is 0.971 bits per heavy atom. The minimum absolute atomic E-state index is 0.184. The maximum absolute atomic E-state index is 12.1. The van der Waals surface area contributed by atoms with Gasteiger partial charge in [0.15, 0.2) is 18.1 Å². The van der Waals surface area contributed by atoms with Gasteiger partial charge < -0.3 is 19.5 Å². The Bertz CT molecular complexity index is 1330. The monoisotopic (exact) mass is 521 g/mol. The lowest BCUT2D eigenvalue weighted by atomic mass is 10.2. The van der Waals surface area contributed by atoms with Gasteiger partial charge in [0.1, 0.15) is 18.1 Å². The quantitative estimate of drug-likeness (QED) is 0.258. The van der Waals surface area contributed by atoms with Crippen molar-refractivity contribution >= 4 is 46.4 Å². The van der Waals surface area contributed by atoms with Gasteiger partial charge in [-0.15, -0.1) is 15.3 Å². The summed E-state index contributed by atoms with van der Waals surface area (Å²) >= 11 is 17.9. The average molecular weight is 523 g/mol. The highest BCUT2D eigenvalue weighted by Crippen LogP contribution is 2.33. The number of hydrogen-bond donors (Lipinski definition) is 1. The molecular formula is C22H18Cl3N5O4. The molecule has 176 valence electrons. The fraction of sp³-hybridized carbons (Fsp3) is 0.182. The minimum atomic E-state index is -0.355. The van der Waals surface area contributed by atoms with E-state index >= 15 is 0 Å². The lowest BCUT2D eigenvalue weighted by Gasteiger charge is -2.10. The number of amides is 1. The van der Waals surface area contributed by atoms with Crippen LogP contribution < -0.4 is 19.5 Å². The maximum Gasteiger partial charge on any atom is 0.258 e. The number of aromatic nitrogens is 4. The zero-order valence-electron chi connectivity index (χ0n) is 17.8. The molecule has 2 aromatic carbocycles. The Balaban J connectivity index is 1.32. The molecule has 34 heavy (non-hydrogen) atoms. The van der Waals surface area contributed by atoms with Gasteiger partial charge in [0.05, 0.1) is 34.3 Å². The third kappa shape index (κ3) is 5.44. The van der Waals surface area contributed by atoms with Crippen molar-refractivity contribution in [3.05, 3.63) is 63.6 Å². The van der Waals surface area contributed by atoms with Crippen molar-refractivity contribution in [2.75, 3.05) is 26.9 Å². The van der Waals surface area contributed by atoms with Crippen molar-refractivity contribution < 1.29 is 19.0 Å². The van der Waals surface area contributed by atoms with E-state index in [2.05, 4.69) is 20.6 Å². The van der Waals surface area contributed by atoms with Gasteiger partial charge in [-0.25, -0.2) is 0 Å². The van der Waals surface area contributed by atoms with Crippen molar-refractivity contribution in [3.63, 3.8) is 0 Å². The van der Waals surface area contributed by atoms with E-state index in [1.54, 1.807) is 23.8 Å². The standard InChI is InChI=1S/C22H18Cl3N5O4/c1-32-17-5-3-2-4-13(17)22-28-27-19-6-7-21(29-30(19)22)33-9-8-26-20(31)12-34-18-11-15(24)14(23)10-16(18)25/h2-7,10-11H,8-9,12H2,1H3,(H,26,31). The van der Waals surface area contributed by atoms with Crippen LogP contribution in [0.5, 0.6) is 17.4 Å². The summed E-state index contributed by atoms with van der Waals surface area (Å²) in [5.74, 6) is 1.42. The summed E-state index contributed by atoms with van der Waals surface area (Å²) in [4.78, 5) is 12.1. The fourth-order valence-electron chi connectivity index (χ4n) is 3.00. The van der Waals surface area contributed by atoms with Crippen molar-refractivity contribution in [1.82, 2.24) is 25.1 Å². The number of halogens is 3. The molecule has 4 rings (SSSR count).